The van der Waals surface area contributed by atoms with Crippen molar-refractivity contribution in [3.63, 3.8) is 0 Å². The monoisotopic (exact) mass is 208 g/mol. The molecule has 0 bridgehead atoms. The highest BCUT2D eigenvalue weighted by Gasteiger charge is 2.27. The van der Waals surface area contributed by atoms with E-state index in [1.807, 2.05) is 12.1 Å². The summed E-state index contributed by atoms with van der Waals surface area (Å²) in [4.78, 5) is 4.05. The van der Waals surface area contributed by atoms with Crippen molar-refractivity contribution in [2.24, 2.45) is 5.84 Å². The summed E-state index contributed by atoms with van der Waals surface area (Å²) >= 11 is 0. The number of hydrazine groups is 1. The minimum Gasteiger partial charge on any atom is -0.383 e. The number of nitrogen functional groups attached to an aromatic ring is 1. The molecule has 1 saturated heterocycles. The molecule has 1 aliphatic heterocycles. The van der Waals surface area contributed by atoms with E-state index in [0.29, 0.717) is 5.82 Å². The molecule has 1 aromatic rings. The van der Waals surface area contributed by atoms with Crippen LogP contribution in [0.1, 0.15) is 24.4 Å². The highest BCUT2D eigenvalue weighted by molar-refractivity contribution is 5.41. The molecule has 2 unspecified atom stereocenters. The van der Waals surface area contributed by atoms with E-state index >= 15 is 0 Å². The lowest BCUT2D eigenvalue weighted by Gasteiger charge is -2.23. The van der Waals surface area contributed by atoms with Gasteiger partial charge in [0.05, 0.1) is 12.1 Å². The number of nitrogens with one attached hydrogen (secondary N) is 1. The van der Waals surface area contributed by atoms with E-state index in [0.717, 1.165) is 25.0 Å². The Morgan fingerprint density at radius 2 is 2.47 bits per heavy atom. The Morgan fingerprint density at radius 3 is 3.07 bits per heavy atom. The maximum atomic E-state index is 5.80. The number of rotatable bonds is 3. The van der Waals surface area contributed by atoms with E-state index < -0.39 is 0 Å². The molecule has 0 saturated carbocycles. The molecular formula is C10H16N4O. The number of hydrogen-bond donors (Lipinski definition) is 3. The molecule has 0 radical (unpaired) electrons. The van der Waals surface area contributed by atoms with E-state index in [1.54, 1.807) is 6.20 Å². The van der Waals surface area contributed by atoms with Crippen LogP contribution in [-0.2, 0) is 4.74 Å². The van der Waals surface area contributed by atoms with Crippen LogP contribution in [0.3, 0.4) is 0 Å². The van der Waals surface area contributed by atoms with Gasteiger partial charge in [0.2, 0.25) is 0 Å². The van der Waals surface area contributed by atoms with Gasteiger partial charge in [0.15, 0.2) is 0 Å². The van der Waals surface area contributed by atoms with Crippen molar-refractivity contribution >= 4 is 5.82 Å². The standard InChI is InChI=1S/C10H16N4O/c11-10-7(3-1-5-13-10)9(14-12)8-4-2-6-15-8/h1,3,5,8-9,14H,2,4,6,12H2,(H2,11,13). The second-order valence-electron chi connectivity index (χ2n) is 3.67. The Hall–Kier alpha value is -1.17. The molecule has 15 heavy (non-hydrogen) atoms. The molecule has 5 N–H and O–H groups in total. The van der Waals surface area contributed by atoms with Crippen LogP contribution >= 0.6 is 0 Å². The Balaban J connectivity index is 2.22. The Labute approximate surface area is 88.8 Å². The average molecular weight is 208 g/mol. The van der Waals surface area contributed by atoms with Crippen molar-refractivity contribution in [2.45, 2.75) is 25.0 Å². The Bertz CT molecular complexity index is 325. The third-order valence-corrected chi connectivity index (χ3v) is 2.72. The van der Waals surface area contributed by atoms with Crippen LogP contribution in [0.5, 0.6) is 0 Å². The minimum absolute atomic E-state index is 0.0683. The molecule has 1 fully saturated rings. The van der Waals surface area contributed by atoms with Gasteiger partial charge >= 0.3 is 0 Å². The van der Waals surface area contributed by atoms with Crippen molar-refractivity contribution in [1.82, 2.24) is 10.4 Å². The summed E-state index contributed by atoms with van der Waals surface area (Å²) in [5.74, 6) is 6.05. The maximum Gasteiger partial charge on any atom is 0.128 e. The number of nitrogens with zero attached hydrogens (tertiary/aromatic N) is 1. The fourth-order valence-corrected chi connectivity index (χ4v) is 1.96. The summed E-state index contributed by atoms with van der Waals surface area (Å²) in [6.07, 6.45) is 3.84. The molecule has 5 nitrogen and oxygen atoms in total. The summed E-state index contributed by atoms with van der Waals surface area (Å²) in [6, 6.07) is 3.71. The second-order valence-corrected chi connectivity index (χ2v) is 3.67. The Kier molecular flexibility index (Phi) is 3.15. The van der Waals surface area contributed by atoms with Gasteiger partial charge in [-0.3, -0.25) is 11.3 Å². The van der Waals surface area contributed by atoms with Crippen LogP contribution < -0.4 is 17.0 Å². The molecule has 2 atom stereocenters. The zero-order valence-corrected chi connectivity index (χ0v) is 8.52. The van der Waals surface area contributed by atoms with Crippen LogP contribution in [0.4, 0.5) is 5.82 Å². The number of pyridine rings is 1. The van der Waals surface area contributed by atoms with Gasteiger partial charge in [0.1, 0.15) is 5.82 Å². The fraction of sp³-hybridized carbons (Fsp3) is 0.500. The molecule has 0 aromatic carbocycles. The number of anilines is 1. The highest BCUT2D eigenvalue weighted by Crippen LogP contribution is 2.28. The first kappa shape index (κ1) is 10.4. The molecular weight excluding hydrogens is 192 g/mol. The lowest BCUT2D eigenvalue weighted by atomic mass is 10.0. The van der Waals surface area contributed by atoms with Crippen molar-refractivity contribution in [3.8, 4) is 0 Å². The van der Waals surface area contributed by atoms with Gasteiger partial charge in [-0.2, -0.15) is 0 Å². The van der Waals surface area contributed by atoms with Crippen LogP contribution in [0.25, 0.3) is 0 Å². The molecule has 2 rings (SSSR count). The number of aromatic nitrogens is 1. The largest absolute Gasteiger partial charge is 0.383 e. The average Bonchev–Trinajstić information content (AvgIpc) is 2.75. The van der Waals surface area contributed by atoms with Gasteiger partial charge in [0, 0.05) is 18.4 Å². The first-order valence-corrected chi connectivity index (χ1v) is 5.11. The van der Waals surface area contributed by atoms with E-state index in [-0.39, 0.29) is 12.1 Å². The van der Waals surface area contributed by atoms with E-state index in [9.17, 15) is 0 Å². The second kappa shape index (κ2) is 4.57. The first-order chi connectivity index (χ1) is 7.33. The topological polar surface area (TPSA) is 86.2 Å². The number of ether oxygens (including phenoxy) is 1. The first-order valence-electron chi connectivity index (χ1n) is 5.11. The van der Waals surface area contributed by atoms with Crippen molar-refractivity contribution in [3.05, 3.63) is 23.9 Å². The molecule has 2 heterocycles. The van der Waals surface area contributed by atoms with Gasteiger partial charge in [-0.15, -0.1) is 0 Å². The van der Waals surface area contributed by atoms with E-state index in [2.05, 4.69) is 10.4 Å². The van der Waals surface area contributed by atoms with E-state index in [4.69, 9.17) is 16.3 Å². The molecule has 1 aromatic heterocycles. The van der Waals surface area contributed by atoms with Gasteiger partial charge < -0.3 is 10.5 Å². The minimum atomic E-state index is -0.0683. The van der Waals surface area contributed by atoms with Crippen LogP contribution in [-0.4, -0.2) is 17.7 Å². The zero-order chi connectivity index (χ0) is 10.7. The van der Waals surface area contributed by atoms with Gasteiger partial charge in [0.25, 0.3) is 0 Å². The third kappa shape index (κ3) is 2.09. The molecule has 0 aliphatic carbocycles. The summed E-state index contributed by atoms with van der Waals surface area (Å²) in [6.45, 7) is 0.795. The number of nitrogens with two attached hydrogens (primary N) is 2. The quantitative estimate of drug-likeness (QED) is 0.493. The zero-order valence-electron chi connectivity index (χ0n) is 8.52. The normalized spacial score (nSPS) is 22.9. The SMILES string of the molecule is NNC(c1cccnc1N)C1CCCO1. The highest BCUT2D eigenvalue weighted by atomic mass is 16.5. The maximum absolute atomic E-state index is 5.80. The van der Waals surface area contributed by atoms with Crippen molar-refractivity contribution in [2.75, 3.05) is 12.3 Å². The van der Waals surface area contributed by atoms with Gasteiger partial charge in [-0.05, 0) is 18.9 Å². The molecule has 1 aliphatic rings. The summed E-state index contributed by atoms with van der Waals surface area (Å²) in [7, 11) is 0. The predicted octanol–water partition coefficient (Wildman–Crippen LogP) is 0.347. The lowest BCUT2D eigenvalue weighted by Crippen LogP contribution is -2.36. The summed E-state index contributed by atoms with van der Waals surface area (Å²) in [5.41, 5.74) is 9.47. The van der Waals surface area contributed by atoms with Crippen molar-refractivity contribution in [1.29, 1.82) is 0 Å². The van der Waals surface area contributed by atoms with Crippen molar-refractivity contribution < 1.29 is 4.74 Å². The molecule has 5 heteroatoms. The molecule has 0 amide bonds. The molecule has 0 spiro atoms. The summed E-state index contributed by atoms with van der Waals surface area (Å²) in [5, 5.41) is 0. The van der Waals surface area contributed by atoms with Crippen LogP contribution in [0.2, 0.25) is 0 Å². The predicted molar refractivity (Wildman–Crippen MR) is 57.7 cm³/mol. The van der Waals surface area contributed by atoms with Gasteiger partial charge in [-0.25, -0.2) is 4.98 Å². The smallest absolute Gasteiger partial charge is 0.128 e. The van der Waals surface area contributed by atoms with Crippen LogP contribution in [0.15, 0.2) is 18.3 Å². The van der Waals surface area contributed by atoms with Gasteiger partial charge in [-0.1, -0.05) is 6.07 Å². The number of hydrogen-bond acceptors (Lipinski definition) is 5. The summed E-state index contributed by atoms with van der Waals surface area (Å²) < 4.78 is 5.59. The third-order valence-electron chi connectivity index (χ3n) is 2.72. The Morgan fingerprint density at radius 1 is 1.60 bits per heavy atom. The lowest BCUT2D eigenvalue weighted by molar-refractivity contribution is 0.0785. The molecule has 82 valence electrons. The fourth-order valence-electron chi connectivity index (χ4n) is 1.96. The van der Waals surface area contributed by atoms with E-state index in [1.165, 1.54) is 0 Å². The van der Waals surface area contributed by atoms with Crippen LogP contribution in [0, 0.1) is 0 Å².